The van der Waals surface area contributed by atoms with E-state index in [1.807, 2.05) is 30.5 Å². The van der Waals surface area contributed by atoms with Gasteiger partial charge in [0.1, 0.15) is 12.2 Å². The van der Waals surface area contributed by atoms with Gasteiger partial charge < -0.3 is 9.88 Å². The van der Waals surface area contributed by atoms with Crippen LogP contribution in [0, 0.1) is 0 Å². The molecule has 1 aromatic carbocycles. The maximum atomic E-state index is 12.2. The highest BCUT2D eigenvalue weighted by Crippen LogP contribution is 2.18. The molecule has 0 aliphatic rings. The molecule has 1 amide bonds. The van der Waals surface area contributed by atoms with E-state index in [4.69, 9.17) is 0 Å². The topological polar surface area (TPSA) is 77.7 Å². The van der Waals surface area contributed by atoms with Crippen LogP contribution in [0.2, 0.25) is 0 Å². The molecular formula is C14H15N5O. The van der Waals surface area contributed by atoms with Crippen molar-refractivity contribution in [2.75, 3.05) is 7.05 Å². The number of amides is 1. The molecule has 2 aromatic heterocycles. The predicted octanol–water partition coefficient (Wildman–Crippen LogP) is 1.49. The number of H-pyrrole nitrogens is 2. The first-order valence-corrected chi connectivity index (χ1v) is 6.37. The summed E-state index contributed by atoms with van der Waals surface area (Å²) < 4.78 is 0. The molecule has 0 atom stereocenters. The third kappa shape index (κ3) is 2.40. The minimum atomic E-state index is 0.0474. The quantitative estimate of drug-likeness (QED) is 0.753. The van der Waals surface area contributed by atoms with Crippen molar-refractivity contribution in [2.45, 2.75) is 13.0 Å². The predicted molar refractivity (Wildman–Crippen MR) is 74.9 cm³/mol. The van der Waals surface area contributed by atoms with Gasteiger partial charge in [-0.15, -0.1) is 0 Å². The molecule has 0 unspecified atom stereocenters. The summed E-state index contributed by atoms with van der Waals surface area (Å²) in [5, 5.41) is 7.61. The van der Waals surface area contributed by atoms with Crippen LogP contribution in [0.25, 0.3) is 10.9 Å². The molecule has 20 heavy (non-hydrogen) atoms. The Balaban J connectivity index is 1.72. The minimum Gasteiger partial charge on any atom is -0.361 e. The van der Waals surface area contributed by atoms with Crippen molar-refractivity contribution in [1.29, 1.82) is 0 Å². The number of carbonyl (C=O) groups excluding carboxylic acids is 1. The molecule has 6 heteroatoms. The van der Waals surface area contributed by atoms with Crippen molar-refractivity contribution in [3.8, 4) is 0 Å². The van der Waals surface area contributed by atoms with Gasteiger partial charge in [0.2, 0.25) is 5.91 Å². The zero-order valence-corrected chi connectivity index (χ0v) is 11.1. The summed E-state index contributed by atoms with van der Waals surface area (Å²) in [5.74, 6) is 0.728. The van der Waals surface area contributed by atoms with Gasteiger partial charge in [0.25, 0.3) is 0 Å². The lowest BCUT2D eigenvalue weighted by Gasteiger charge is -2.15. The number of rotatable bonds is 4. The molecule has 0 aliphatic heterocycles. The second kappa shape index (κ2) is 5.16. The lowest BCUT2D eigenvalue weighted by molar-refractivity contribution is -0.129. The van der Waals surface area contributed by atoms with E-state index in [1.165, 1.54) is 6.33 Å². The second-order valence-corrected chi connectivity index (χ2v) is 4.72. The number of carbonyl (C=O) groups is 1. The summed E-state index contributed by atoms with van der Waals surface area (Å²) in [7, 11) is 1.76. The first-order chi connectivity index (χ1) is 9.74. The second-order valence-electron chi connectivity index (χ2n) is 4.72. The van der Waals surface area contributed by atoms with Crippen LogP contribution in [-0.4, -0.2) is 38.0 Å². The van der Waals surface area contributed by atoms with E-state index in [0.29, 0.717) is 18.8 Å². The van der Waals surface area contributed by atoms with Crippen molar-refractivity contribution in [3.05, 3.63) is 48.2 Å². The highest BCUT2D eigenvalue weighted by molar-refractivity contribution is 5.88. The number of aromatic nitrogens is 4. The van der Waals surface area contributed by atoms with Gasteiger partial charge in [0.15, 0.2) is 0 Å². The molecule has 102 valence electrons. The molecule has 0 spiro atoms. The number of nitrogens with one attached hydrogen (secondary N) is 2. The molecule has 3 rings (SSSR count). The maximum absolute atomic E-state index is 12.2. The van der Waals surface area contributed by atoms with E-state index in [9.17, 15) is 4.79 Å². The van der Waals surface area contributed by atoms with E-state index >= 15 is 0 Å². The fourth-order valence-electron chi connectivity index (χ4n) is 2.20. The summed E-state index contributed by atoms with van der Waals surface area (Å²) >= 11 is 0. The summed E-state index contributed by atoms with van der Waals surface area (Å²) in [4.78, 5) is 21.1. The van der Waals surface area contributed by atoms with Crippen LogP contribution < -0.4 is 0 Å². The van der Waals surface area contributed by atoms with Gasteiger partial charge in [0.05, 0.1) is 13.0 Å². The van der Waals surface area contributed by atoms with Gasteiger partial charge >= 0.3 is 0 Å². The van der Waals surface area contributed by atoms with E-state index < -0.39 is 0 Å². The van der Waals surface area contributed by atoms with Crippen LogP contribution in [0.5, 0.6) is 0 Å². The molecule has 0 radical (unpaired) electrons. The lowest BCUT2D eigenvalue weighted by Crippen LogP contribution is -2.28. The molecule has 3 aromatic rings. The fourth-order valence-corrected chi connectivity index (χ4v) is 2.20. The maximum Gasteiger partial charge on any atom is 0.227 e. The molecule has 2 N–H and O–H groups in total. The number of para-hydroxylation sites is 1. The molecule has 0 bridgehead atoms. The average molecular weight is 269 g/mol. The van der Waals surface area contributed by atoms with E-state index in [1.54, 1.807) is 11.9 Å². The molecule has 0 fully saturated rings. The Morgan fingerprint density at radius 1 is 1.35 bits per heavy atom. The Kier molecular flexibility index (Phi) is 3.20. The van der Waals surface area contributed by atoms with E-state index in [-0.39, 0.29) is 5.91 Å². The lowest BCUT2D eigenvalue weighted by atomic mass is 10.1. The normalized spacial score (nSPS) is 10.8. The summed E-state index contributed by atoms with van der Waals surface area (Å²) in [6, 6.07) is 7.97. The summed E-state index contributed by atoms with van der Waals surface area (Å²) in [6.07, 6.45) is 3.70. The Morgan fingerprint density at radius 2 is 2.20 bits per heavy atom. The van der Waals surface area contributed by atoms with Crippen molar-refractivity contribution in [1.82, 2.24) is 25.1 Å². The zero-order valence-electron chi connectivity index (χ0n) is 11.1. The Morgan fingerprint density at radius 3 is 3.00 bits per heavy atom. The van der Waals surface area contributed by atoms with Crippen molar-refractivity contribution >= 4 is 16.8 Å². The number of hydrogen-bond donors (Lipinski definition) is 2. The average Bonchev–Trinajstić information content (AvgIpc) is 3.09. The number of benzene rings is 1. The van der Waals surface area contributed by atoms with Crippen molar-refractivity contribution in [2.24, 2.45) is 0 Å². The standard InChI is InChI=1S/C14H15N5O/c1-19(8-13-16-9-17-18-13)14(20)6-10-7-15-12-5-3-2-4-11(10)12/h2-5,7,9,15H,6,8H2,1H3,(H,16,17,18). The van der Waals surface area contributed by atoms with Gasteiger partial charge in [-0.1, -0.05) is 18.2 Å². The minimum absolute atomic E-state index is 0.0474. The van der Waals surface area contributed by atoms with Crippen LogP contribution in [0.15, 0.2) is 36.8 Å². The van der Waals surface area contributed by atoms with E-state index in [0.717, 1.165) is 16.5 Å². The third-order valence-corrected chi connectivity index (χ3v) is 3.29. The van der Waals surface area contributed by atoms with Crippen molar-refractivity contribution < 1.29 is 4.79 Å². The van der Waals surface area contributed by atoms with Crippen molar-refractivity contribution in [3.63, 3.8) is 0 Å². The Hall–Kier alpha value is -2.63. The Labute approximate surface area is 115 Å². The van der Waals surface area contributed by atoms with E-state index in [2.05, 4.69) is 20.2 Å². The van der Waals surface area contributed by atoms with Crippen LogP contribution in [0.1, 0.15) is 11.4 Å². The van der Waals surface area contributed by atoms with Crippen LogP contribution in [-0.2, 0) is 17.8 Å². The molecule has 0 aliphatic carbocycles. The van der Waals surface area contributed by atoms with Gasteiger partial charge in [-0.05, 0) is 11.6 Å². The van der Waals surface area contributed by atoms with Gasteiger partial charge in [-0.2, -0.15) is 5.10 Å². The third-order valence-electron chi connectivity index (χ3n) is 3.29. The zero-order chi connectivity index (χ0) is 13.9. The SMILES string of the molecule is CN(Cc1ncn[nH]1)C(=O)Cc1c[nH]c2ccccc12. The molecule has 2 heterocycles. The number of fused-ring (bicyclic) bond motifs is 1. The Bertz CT molecular complexity index is 716. The smallest absolute Gasteiger partial charge is 0.227 e. The number of aromatic amines is 2. The largest absolute Gasteiger partial charge is 0.361 e. The van der Waals surface area contributed by atoms with Gasteiger partial charge in [0, 0.05) is 24.1 Å². The highest BCUT2D eigenvalue weighted by Gasteiger charge is 2.13. The molecule has 0 saturated heterocycles. The summed E-state index contributed by atoms with van der Waals surface area (Å²) in [6.45, 7) is 0.432. The fraction of sp³-hybridized carbons (Fsp3) is 0.214. The number of nitrogens with zero attached hydrogens (tertiary/aromatic N) is 3. The molecule has 6 nitrogen and oxygen atoms in total. The van der Waals surface area contributed by atoms with Gasteiger partial charge in [-0.25, -0.2) is 4.98 Å². The van der Waals surface area contributed by atoms with Crippen LogP contribution >= 0.6 is 0 Å². The number of likely N-dealkylation sites (N-methyl/N-ethyl adjacent to an activating group) is 1. The highest BCUT2D eigenvalue weighted by atomic mass is 16.2. The molecule has 0 saturated carbocycles. The molecular weight excluding hydrogens is 254 g/mol. The first-order valence-electron chi connectivity index (χ1n) is 6.37. The van der Waals surface area contributed by atoms with Gasteiger partial charge in [-0.3, -0.25) is 9.89 Å². The van der Waals surface area contributed by atoms with Crippen LogP contribution in [0.3, 0.4) is 0 Å². The number of hydrogen-bond acceptors (Lipinski definition) is 3. The first kappa shape index (κ1) is 12.4. The monoisotopic (exact) mass is 269 g/mol. The summed E-state index contributed by atoms with van der Waals surface area (Å²) in [5.41, 5.74) is 2.06. The van der Waals surface area contributed by atoms with Crippen LogP contribution in [0.4, 0.5) is 0 Å².